The van der Waals surface area contributed by atoms with E-state index in [9.17, 15) is 9.59 Å². The van der Waals surface area contributed by atoms with Gasteiger partial charge in [0.2, 0.25) is 5.89 Å². The molecular formula is C30H22N2O4S. The molecule has 1 aliphatic heterocycles. The van der Waals surface area contributed by atoms with Crippen molar-refractivity contribution >= 4 is 46.1 Å². The zero-order chi connectivity index (χ0) is 25.4. The molecule has 0 saturated heterocycles. The van der Waals surface area contributed by atoms with Crippen LogP contribution in [0.15, 0.2) is 111 Å². The minimum Gasteiger partial charge on any atom is -0.449 e. The van der Waals surface area contributed by atoms with Crippen molar-refractivity contribution in [1.82, 2.24) is 4.98 Å². The summed E-state index contributed by atoms with van der Waals surface area (Å²) in [7, 11) is 0. The quantitative estimate of drug-likeness (QED) is 0.234. The SMILES string of the molecule is CCC(OC(=O)c1ccccc1-c1nc2ccccc2o1)C(=O)N1c2ccccc2Sc2ccccc21. The van der Waals surface area contributed by atoms with Gasteiger partial charge in [-0.25, -0.2) is 9.78 Å². The Kier molecular flexibility index (Phi) is 5.98. The summed E-state index contributed by atoms with van der Waals surface area (Å²) < 4.78 is 11.8. The van der Waals surface area contributed by atoms with Crippen LogP contribution >= 0.6 is 11.8 Å². The number of benzene rings is 4. The summed E-state index contributed by atoms with van der Waals surface area (Å²) in [5.41, 5.74) is 3.67. The molecule has 5 aromatic rings. The van der Waals surface area contributed by atoms with E-state index in [0.717, 1.165) is 21.2 Å². The molecule has 0 saturated carbocycles. The first-order chi connectivity index (χ1) is 18.1. The number of ether oxygens (including phenoxy) is 1. The van der Waals surface area contributed by atoms with Crippen LogP contribution in [0.3, 0.4) is 0 Å². The number of aromatic nitrogens is 1. The fourth-order valence-corrected chi connectivity index (χ4v) is 5.48. The van der Waals surface area contributed by atoms with Gasteiger partial charge < -0.3 is 9.15 Å². The molecule has 0 N–H and O–H groups in total. The van der Waals surface area contributed by atoms with Crippen molar-refractivity contribution in [1.29, 1.82) is 0 Å². The van der Waals surface area contributed by atoms with Crippen molar-refractivity contribution in [3.63, 3.8) is 0 Å². The number of hydrogen-bond donors (Lipinski definition) is 0. The summed E-state index contributed by atoms with van der Waals surface area (Å²) in [5, 5.41) is 0. The van der Waals surface area contributed by atoms with E-state index in [1.54, 1.807) is 34.9 Å². The van der Waals surface area contributed by atoms with Gasteiger partial charge in [0, 0.05) is 9.79 Å². The normalized spacial score (nSPS) is 13.1. The zero-order valence-electron chi connectivity index (χ0n) is 20.0. The Morgan fingerprint density at radius 3 is 2.19 bits per heavy atom. The molecule has 2 heterocycles. The number of oxazole rings is 1. The summed E-state index contributed by atoms with van der Waals surface area (Å²) >= 11 is 1.62. The number of nitrogens with zero attached hydrogens (tertiary/aromatic N) is 2. The Balaban J connectivity index is 1.32. The summed E-state index contributed by atoms with van der Waals surface area (Å²) in [5.74, 6) is -0.578. The average Bonchev–Trinajstić information content (AvgIpc) is 3.38. The van der Waals surface area contributed by atoms with Crippen LogP contribution in [0.1, 0.15) is 23.7 Å². The molecule has 182 valence electrons. The van der Waals surface area contributed by atoms with Crippen molar-refractivity contribution in [2.24, 2.45) is 0 Å². The summed E-state index contributed by atoms with van der Waals surface area (Å²) in [6.45, 7) is 1.83. The Morgan fingerprint density at radius 1 is 0.865 bits per heavy atom. The number of para-hydroxylation sites is 4. The molecular weight excluding hydrogens is 484 g/mol. The minimum atomic E-state index is -0.978. The van der Waals surface area contributed by atoms with E-state index in [1.165, 1.54) is 0 Å². The van der Waals surface area contributed by atoms with Crippen LogP contribution in [0, 0.1) is 0 Å². The predicted octanol–water partition coefficient (Wildman–Crippen LogP) is 7.26. The molecule has 6 nitrogen and oxygen atoms in total. The van der Waals surface area contributed by atoms with Gasteiger partial charge in [-0.15, -0.1) is 0 Å². The van der Waals surface area contributed by atoms with Gasteiger partial charge in [0.25, 0.3) is 5.91 Å². The molecule has 1 aliphatic rings. The summed E-state index contributed by atoms with van der Waals surface area (Å²) in [4.78, 5) is 35.5. The first-order valence-corrected chi connectivity index (χ1v) is 12.8. The van der Waals surface area contributed by atoms with Crippen molar-refractivity contribution in [3.05, 3.63) is 103 Å². The van der Waals surface area contributed by atoms with Crippen molar-refractivity contribution in [3.8, 4) is 11.5 Å². The number of carbonyl (C=O) groups is 2. The Bertz CT molecular complexity index is 1570. The minimum absolute atomic E-state index is 0.287. The van der Waals surface area contributed by atoms with E-state index in [2.05, 4.69) is 4.98 Å². The summed E-state index contributed by atoms with van der Waals surface area (Å²) in [6.07, 6.45) is -0.655. The Labute approximate surface area is 217 Å². The fourth-order valence-electron chi connectivity index (χ4n) is 4.42. The third kappa shape index (κ3) is 4.17. The second kappa shape index (κ2) is 9.59. The molecule has 1 unspecified atom stereocenters. The number of esters is 1. The number of rotatable bonds is 5. The topological polar surface area (TPSA) is 72.6 Å². The van der Waals surface area contributed by atoms with Gasteiger partial charge in [-0.2, -0.15) is 0 Å². The maximum atomic E-state index is 13.9. The molecule has 0 aliphatic carbocycles. The van der Waals surface area contributed by atoms with Crippen LogP contribution in [0.25, 0.3) is 22.6 Å². The maximum Gasteiger partial charge on any atom is 0.339 e. The number of carbonyl (C=O) groups excluding carboxylic acids is 2. The lowest BCUT2D eigenvalue weighted by atomic mass is 10.1. The molecule has 6 rings (SSSR count). The average molecular weight is 507 g/mol. The highest BCUT2D eigenvalue weighted by Crippen LogP contribution is 2.48. The third-order valence-corrected chi connectivity index (χ3v) is 7.35. The van der Waals surface area contributed by atoms with E-state index in [4.69, 9.17) is 9.15 Å². The number of anilines is 2. The first-order valence-electron chi connectivity index (χ1n) is 12.0. The molecule has 0 fully saturated rings. The monoisotopic (exact) mass is 506 g/mol. The molecule has 1 aromatic heterocycles. The lowest BCUT2D eigenvalue weighted by molar-refractivity contribution is -0.126. The second-order valence-corrected chi connectivity index (χ2v) is 9.63. The molecule has 1 amide bonds. The first kappa shape index (κ1) is 23.1. The van der Waals surface area contributed by atoms with Crippen LogP contribution in [-0.2, 0) is 9.53 Å². The summed E-state index contributed by atoms with van der Waals surface area (Å²) in [6, 6.07) is 29.9. The predicted molar refractivity (Wildman–Crippen MR) is 143 cm³/mol. The van der Waals surface area contributed by atoms with Gasteiger partial charge in [0.05, 0.1) is 22.5 Å². The smallest absolute Gasteiger partial charge is 0.339 e. The van der Waals surface area contributed by atoms with Crippen LogP contribution in [0.4, 0.5) is 11.4 Å². The van der Waals surface area contributed by atoms with Gasteiger partial charge in [-0.05, 0) is 55.0 Å². The van der Waals surface area contributed by atoms with E-state index < -0.39 is 12.1 Å². The van der Waals surface area contributed by atoms with E-state index in [-0.39, 0.29) is 11.5 Å². The Hall–Kier alpha value is -4.36. The van der Waals surface area contributed by atoms with Gasteiger partial charge in [0.15, 0.2) is 11.7 Å². The van der Waals surface area contributed by atoms with Gasteiger partial charge in [0.1, 0.15) is 5.52 Å². The van der Waals surface area contributed by atoms with Crippen LogP contribution in [0.5, 0.6) is 0 Å². The largest absolute Gasteiger partial charge is 0.449 e. The second-order valence-electron chi connectivity index (χ2n) is 8.55. The molecule has 1 atom stereocenters. The zero-order valence-corrected chi connectivity index (χ0v) is 20.8. The number of amides is 1. The fraction of sp³-hybridized carbons (Fsp3) is 0.100. The van der Waals surface area contributed by atoms with Crippen molar-refractivity contribution < 1.29 is 18.7 Å². The van der Waals surface area contributed by atoms with Crippen molar-refractivity contribution in [2.45, 2.75) is 29.2 Å². The number of fused-ring (bicyclic) bond motifs is 3. The highest BCUT2D eigenvalue weighted by molar-refractivity contribution is 7.99. The van der Waals surface area contributed by atoms with E-state index >= 15 is 0 Å². The number of hydrogen-bond acceptors (Lipinski definition) is 6. The van der Waals surface area contributed by atoms with Gasteiger partial charge in [-0.1, -0.05) is 67.2 Å². The van der Waals surface area contributed by atoms with Gasteiger partial charge in [-0.3, -0.25) is 9.69 Å². The molecule has 37 heavy (non-hydrogen) atoms. The molecule has 4 aromatic carbocycles. The lowest BCUT2D eigenvalue weighted by Crippen LogP contribution is -2.39. The van der Waals surface area contributed by atoms with E-state index in [1.807, 2.05) is 85.8 Å². The Morgan fingerprint density at radius 2 is 1.49 bits per heavy atom. The highest BCUT2D eigenvalue weighted by Gasteiger charge is 2.34. The van der Waals surface area contributed by atoms with Crippen LogP contribution in [0.2, 0.25) is 0 Å². The third-order valence-electron chi connectivity index (χ3n) is 6.22. The standard InChI is InChI=1S/C30H22N2O4S/c1-2-24(29(33)32-22-14-6-9-17-26(22)37-27-18-10-7-15-23(27)32)36-30(34)20-12-4-3-11-19(20)28-31-21-13-5-8-16-25(21)35-28/h3-18,24H,2H2,1H3. The maximum absolute atomic E-state index is 13.9. The van der Waals surface area contributed by atoms with Crippen LogP contribution in [-0.4, -0.2) is 23.0 Å². The van der Waals surface area contributed by atoms with Crippen LogP contribution < -0.4 is 4.90 Å². The van der Waals surface area contributed by atoms with Crippen molar-refractivity contribution in [2.75, 3.05) is 4.90 Å². The lowest BCUT2D eigenvalue weighted by Gasteiger charge is -2.33. The molecule has 0 spiro atoms. The highest BCUT2D eigenvalue weighted by atomic mass is 32.2. The van der Waals surface area contributed by atoms with E-state index in [0.29, 0.717) is 29.0 Å². The molecule has 0 radical (unpaired) electrons. The molecule has 7 heteroatoms. The van der Waals surface area contributed by atoms with Gasteiger partial charge >= 0.3 is 5.97 Å². The molecule has 0 bridgehead atoms.